The summed E-state index contributed by atoms with van der Waals surface area (Å²) in [5, 5.41) is 9.38. The first-order chi connectivity index (χ1) is 17.6. The summed E-state index contributed by atoms with van der Waals surface area (Å²) in [7, 11) is 0. The lowest BCUT2D eigenvalue weighted by atomic mass is 10.0. The van der Waals surface area contributed by atoms with Gasteiger partial charge in [-0.2, -0.15) is 0 Å². The van der Waals surface area contributed by atoms with Crippen LogP contribution in [0.4, 0.5) is 11.4 Å². The molecule has 0 saturated carbocycles. The molecule has 1 aliphatic heterocycles. The Hall–Kier alpha value is -3.84. The molecule has 2 heterocycles. The van der Waals surface area contributed by atoms with Crippen molar-refractivity contribution in [1.82, 2.24) is 14.8 Å². The first-order valence-electron chi connectivity index (χ1n) is 12.0. The van der Waals surface area contributed by atoms with Crippen molar-refractivity contribution in [2.24, 2.45) is 0 Å². The highest BCUT2D eigenvalue weighted by Gasteiger charge is 2.26. The molecule has 0 spiro atoms. The predicted octanol–water partition coefficient (Wildman–Crippen LogP) is 5.91. The SMILES string of the molecule is C=CCn1c(COc2cccc(C)c2)nnc1SCC(=O)N1c2ccccc2CCc2ccccc21. The highest BCUT2D eigenvalue weighted by molar-refractivity contribution is 7.99. The Balaban J connectivity index is 1.35. The average molecular weight is 497 g/mol. The quantitative estimate of drug-likeness (QED) is 0.224. The normalized spacial score (nSPS) is 12.4. The van der Waals surface area contributed by atoms with Crippen LogP contribution in [0.25, 0.3) is 0 Å². The second-order valence-corrected chi connectivity index (χ2v) is 9.62. The Labute approximate surface area is 215 Å². The highest BCUT2D eigenvalue weighted by atomic mass is 32.2. The van der Waals surface area contributed by atoms with E-state index in [1.165, 1.54) is 22.9 Å². The number of fused-ring (bicyclic) bond motifs is 2. The number of allylic oxidation sites excluding steroid dienone is 1. The molecule has 0 radical (unpaired) electrons. The van der Waals surface area contributed by atoms with Gasteiger partial charge in [-0.25, -0.2) is 0 Å². The molecule has 36 heavy (non-hydrogen) atoms. The molecule has 0 N–H and O–H groups in total. The lowest BCUT2D eigenvalue weighted by molar-refractivity contribution is -0.115. The Morgan fingerprint density at radius 2 is 1.69 bits per heavy atom. The lowest BCUT2D eigenvalue weighted by Crippen LogP contribution is -2.28. The van der Waals surface area contributed by atoms with Crippen molar-refractivity contribution in [2.45, 2.75) is 38.1 Å². The van der Waals surface area contributed by atoms with Crippen LogP contribution in [0.1, 0.15) is 22.5 Å². The Kier molecular flexibility index (Phi) is 7.18. The fraction of sp³-hybridized carbons (Fsp3) is 0.207. The summed E-state index contributed by atoms with van der Waals surface area (Å²) < 4.78 is 7.89. The van der Waals surface area contributed by atoms with Crippen LogP contribution in [-0.4, -0.2) is 26.4 Å². The molecular formula is C29H28N4O2S. The molecule has 0 saturated heterocycles. The third-order valence-corrected chi connectivity index (χ3v) is 7.12. The number of para-hydroxylation sites is 2. The van der Waals surface area contributed by atoms with Gasteiger partial charge in [0.1, 0.15) is 12.4 Å². The number of amides is 1. The number of carbonyl (C=O) groups excluding carboxylic acids is 1. The third-order valence-electron chi connectivity index (χ3n) is 6.17. The maximum absolute atomic E-state index is 13.7. The number of carbonyl (C=O) groups is 1. The molecule has 0 atom stereocenters. The molecule has 5 rings (SSSR count). The van der Waals surface area contributed by atoms with E-state index < -0.39 is 0 Å². The van der Waals surface area contributed by atoms with Crippen LogP contribution in [-0.2, 0) is 30.8 Å². The minimum Gasteiger partial charge on any atom is -0.486 e. The van der Waals surface area contributed by atoms with Gasteiger partial charge in [-0.3, -0.25) is 14.3 Å². The number of rotatable bonds is 8. The van der Waals surface area contributed by atoms with Gasteiger partial charge < -0.3 is 4.74 Å². The van der Waals surface area contributed by atoms with Gasteiger partial charge in [0.15, 0.2) is 11.0 Å². The molecule has 1 aromatic heterocycles. The minimum atomic E-state index is 0.00696. The van der Waals surface area contributed by atoms with Crippen LogP contribution in [0.3, 0.4) is 0 Å². The molecule has 0 unspecified atom stereocenters. The summed E-state index contributed by atoms with van der Waals surface area (Å²) in [6.07, 6.45) is 3.61. The molecular weight excluding hydrogens is 468 g/mol. The average Bonchev–Trinajstić information content (AvgIpc) is 3.19. The van der Waals surface area contributed by atoms with Gasteiger partial charge in [0.2, 0.25) is 5.91 Å². The van der Waals surface area contributed by atoms with Crippen LogP contribution in [0.15, 0.2) is 90.6 Å². The number of aromatic nitrogens is 3. The molecule has 3 aromatic carbocycles. The van der Waals surface area contributed by atoms with E-state index in [0.29, 0.717) is 17.5 Å². The fourth-order valence-electron chi connectivity index (χ4n) is 4.44. The summed E-state index contributed by atoms with van der Waals surface area (Å²) in [6.45, 7) is 6.72. The topological polar surface area (TPSA) is 60.2 Å². The molecule has 1 amide bonds. The second-order valence-electron chi connectivity index (χ2n) is 8.68. The van der Waals surface area contributed by atoms with E-state index in [1.54, 1.807) is 6.08 Å². The van der Waals surface area contributed by atoms with Crippen molar-refractivity contribution >= 4 is 29.0 Å². The Morgan fingerprint density at radius 1 is 1.00 bits per heavy atom. The highest BCUT2D eigenvalue weighted by Crippen LogP contribution is 2.36. The zero-order chi connectivity index (χ0) is 24.9. The number of benzene rings is 3. The standard InChI is InChI=1S/C29H28N4O2S/c1-3-17-32-27(19-35-24-12-8-9-21(2)18-24)30-31-29(32)36-20-28(34)33-25-13-6-4-10-22(25)15-16-23-11-5-7-14-26(23)33/h3-14,18H,1,15-17,19-20H2,2H3. The van der Waals surface area contributed by atoms with Crippen LogP contribution in [0.2, 0.25) is 0 Å². The van der Waals surface area contributed by atoms with E-state index in [1.807, 2.05) is 77.1 Å². The molecule has 0 bridgehead atoms. The molecule has 0 aliphatic carbocycles. The number of thioether (sulfide) groups is 1. The second kappa shape index (κ2) is 10.8. The van der Waals surface area contributed by atoms with E-state index >= 15 is 0 Å². The van der Waals surface area contributed by atoms with Crippen molar-refractivity contribution in [1.29, 1.82) is 0 Å². The van der Waals surface area contributed by atoms with Gasteiger partial charge in [0.05, 0.1) is 17.1 Å². The van der Waals surface area contributed by atoms with Crippen molar-refractivity contribution in [3.63, 3.8) is 0 Å². The van der Waals surface area contributed by atoms with Crippen LogP contribution < -0.4 is 9.64 Å². The van der Waals surface area contributed by atoms with Gasteiger partial charge in [-0.05, 0) is 60.7 Å². The van der Waals surface area contributed by atoms with Gasteiger partial charge in [0.25, 0.3) is 0 Å². The lowest BCUT2D eigenvalue weighted by Gasteiger charge is -2.24. The smallest absolute Gasteiger partial charge is 0.242 e. The summed E-state index contributed by atoms with van der Waals surface area (Å²) in [5.74, 6) is 1.71. The summed E-state index contributed by atoms with van der Waals surface area (Å²) >= 11 is 1.38. The Morgan fingerprint density at radius 3 is 2.36 bits per heavy atom. The molecule has 6 nitrogen and oxygen atoms in total. The first kappa shape index (κ1) is 23.9. The summed E-state index contributed by atoms with van der Waals surface area (Å²) in [6, 6.07) is 24.2. The van der Waals surface area contributed by atoms with Crippen LogP contribution in [0.5, 0.6) is 5.75 Å². The van der Waals surface area contributed by atoms with Gasteiger partial charge >= 0.3 is 0 Å². The van der Waals surface area contributed by atoms with Crippen molar-refractivity contribution in [3.05, 3.63) is 108 Å². The summed E-state index contributed by atoms with van der Waals surface area (Å²) in [5.41, 5.74) is 5.39. The van der Waals surface area contributed by atoms with Crippen LogP contribution in [0, 0.1) is 6.92 Å². The number of hydrogen-bond donors (Lipinski definition) is 0. The van der Waals surface area contributed by atoms with E-state index in [2.05, 4.69) is 28.9 Å². The number of anilines is 2. The van der Waals surface area contributed by atoms with E-state index in [4.69, 9.17) is 4.74 Å². The van der Waals surface area contributed by atoms with Crippen molar-refractivity contribution in [3.8, 4) is 5.75 Å². The maximum atomic E-state index is 13.7. The molecule has 4 aromatic rings. The first-order valence-corrected chi connectivity index (χ1v) is 13.0. The largest absolute Gasteiger partial charge is 0.486 e. The van der Waals surface area contributed by atoms with Gasteiger partial charge in [0, 0.05) is 6.54 Å². The van der Waals surface area contributed by atoms with Crippen molar-refractivity contribution in [2.75, 3.05) is 10.7 Å². The van der Waals surface area contributed by atoms with Crippen LogP contribution >= 0.6 is 11.8 Å². The molecule has 0 fully saturated rings. The number of aryl methyl sites for hydroxylation is 3. The summed E-state index contributed by atoms with van der Waals surface area (Å²) in [4.78, 5) is 15.5. The van der Waals surface area contributed by atoms with E-state index in [0.717, 1.165) is 35.5 Å². The fourth-order valence-corrected chi connectivity index (χ4v) is 5.25. The number of ether oxygens (including phenoxy) is 1. The monoisotopic (exact) mass is 496 g/mol. The van der Waals surface area contributed by atoms with Crippen molar-refractivity contribution < 1.29 is 9.53 Å². The minimum absolute atomic E-state index is 0.00696. The maximum Gasteiger partial charge on any atom is 0.242 e. The number of hydrogen-bond acceptors (Lipinski definition) is 5. The Bertz CT molecular complexity index is 1350. The van der Waals surface area contributed by atoms with E-state index in [9.17, 15) is 4.79 Å². The van der Waals surface area contributed by atoms with Gasteiger partial charge in [-0.15, -0.1) is 16.8 Å². The van der Waals surface area contributed by atoms with E-state index in [-0.39, 0.29) is 18.3 Å². The zero-order valence-corrected chi connectivity index (χ0v) is 21.1. The molecule has 182 valence electrons. The number of nitrogens with zero attached hydrogens (tertiary/aromatic N) is 4. The molecule has 1 aliphatic rings. The molecule has 7 heteroatoms. The van der Waals surface area contributed by atoms with Gasteiger partial charge in [-0.1, -0.05) is 66.4 Å². The zero-order valence-electron chi connectivity index (χ0n) is 20.3. The predicted molar refractivity (Wildman–Crippen MR) is 144 cm³/mol. The third kappa shape index (κ3) is 5.06.